The van der Waals surface area contributed by atoms with Gasteiger partial charge in [-0.25, -0.2) is 13.1 Å². The van der Waals surface area contributed by atoms with E-state index in [2.05, 4.69) is 11.6 Å². The van der Waals surface area contributed by atoms with Crippen LogP contribution in [0.15, 0.2) is 16.3 Å². The Morgan fingerprint density at radius 1 is 1.61 bits per heavy atom. The summed E-state index contributed by atoms with van der Waals surface area (Å²) in [7, 11) is -3.41. The summed E-state index contributed by atoms with van der Waals surface area (Å²) in [6.45, 7) is 2.11. The predicted octanol–water partition coefficient (Wildman–Crippen LogP) is 1.85. The van der Waals surface area contributed by atoms with Crippen LogP contribution in [0.25, 0.3) is 0 Å². The van der Waals surface area contributed by atoms with E-state index < -0.39 is 10.0 Å². The SMILES string of the molecule is CCCC1CC1NS(=O)(=O)c1ccc(C(N)=S)s1. The molecule has 2 rings (SSSR count). The monoisotopic (exact) mass is 304 g/mol. The second kappa shape index (κ2) is 5.24. The van der Waals surface area contributed by atoms with Crippen LogP contribution < -0.4 is 10.5 Å². The van der Waals surface area contributed by atoms with Crippen molar-refractivity contribution < 1.29 is 8.42 Å². The van der Waals surface area contributed by atoms with Crippen molar-refractivity contribution in [1.82, 2.24) is 4.72 Å². The van der Waals surface area contributed by atoms with Gasteiger partial charge in [0.15, 0.2) is 0 Å². The van der Waals surface area contributed by atoms with E-state index in [1.54, 1.807) is 12.1 Å². The molecule has 0 spiro atoms. The van der Waals surface area contributed by atoms with Crippen molar-refractivity contribution in [2.75, 3.05) is 0 Å². The van der Waals surface area contributed by atoms with Crippen molar-refractivity contribution in [3.8, 4) is 0 Å². The zero-order chi connectivity index (χ0) is 13.3. The summed E-state index contributed by atoms with van der Waals surface area (Å²) >= 11 is 5.94. The van der Waals surface area contributed by atoms with Crippen LogP contribution in [0.5, 0.6) is 0 Å². The number of nitrogens with one attached hydrogen (secondary N) is 1. The maximum absolute atomic E-state index is 12.1. The van der Waals surface area contributed by atoms with Crippen molar-refractivity contribution in [1.29, 1.82) is 0 Å². The summed E-state index contributed by atoms with van der Waals surface area (Å²) in [5, 5.41) is 0. The average molecular weight is 304 g/mol. The lowest BCUT2D eigenvalue weighted by Gasteiger charge is -2.03. The van der Waals surface area contributed by atoms with Gasteiger partial charge in [-0.2, -0.15) is 0 Å². The zero-order valence-corrected chi connectivity index (χ0v) is 12.5. The first-order valence-electron chi connectivity index (χ1n) is 5.86. The van der Waals surface area contributed by atoms with Gasteiger partial charge < -0.3 is 5.73 Å². The highest BCUT2D eigenvalue weighted by molar-refractivity contribution is 7.91. The zero-order valence-electron chi connectivity index (χ0n) is 10.0. The molecule has 1 aliphatic carbocycles. The molecule has 1 saturated carbocycles. The number of nitrogens with two attached hydrogens (primary N) is 1. The number of hydrogen-bond acceptors (Lipinski definition) is 4. The third-order valence-corrected chi connectivity index (χ3v) is 6.43. The van der Waals surface area contributed by atoms with E-state index in [-0.39, 0.29) is 15.2 Å². The normalized spacial score (nSPS) is 22.9. The van der Waals surface area contributed by atoms with Gasteiger partial charge >= 0.3 is 0 Å². The maximum atomic E-state index is 12.1. The lowest BCUT2D eigenvalue weighted by Crippen LogP contribution is -2.26. The quantitative estimate of drug-likeness (QED) is 0.787. The Labute approximate surface area is 117 Å². The number of sulfonamides is 1. The third-order valence-electron chi connectivity index (χ3n) is 2.98. The van der Waals surface area contributed by atoms with Crippen LogP contribution in [0.1, 0.15) is 31.1 Å². The Kier molecular flexibility index (Phi) is 4.05. The molecule has 1 heterocycles. The van der Waals surface area contributed by atoms with Crippen LogP contribution in [0.4, 0.5) is 0 Å². The molecule has 7 heteroatoms. The van der Waals surface area contributed by atoms with E-state index in [1.807, 2.05) is 0 Å². The third kappa shape index (κ3) is 3.09. The summed E-state index contributed by atoms with van der Waals surface area (Å²) in [6.07, 6.45) is 3.11. The van der Waals surface area contributed by atoms with Gasteiger partial charge in [-0.05, 0) is 30.9 Å². The molecule has 1 fully saturated rings. The molecule has 0 bridgehead atoms. The predicted molar refractivity (Wildman–Crippen MR) is 77.3 cm³/mol. The molecule has 0 amide bonds. The Bertz CT molecular complexity index is 550. The second-order valence-corrected chi connectivity index (χ2v) is 7.96. The molecular formula is C11H16N2O2S3. The Balaban J connectivity index is 2.04. The van der Waals surface area contributed by atoms with Gasteiger partial charge in [0.05, 0.1) is 4.88 Å². The first-order chi connectivity index (χ1) is 8.44. The van der Waals surface area contributed by atoms with E-state index in [1.165, 1.54) is 0 Å². The van der Waals surface area contributed by atoms with Crippen molar-refractivity contribution in [2.45, 2.75) is 36.4 Å². The van der Waals surface area contributed by atoms with Crippen molar-refractivity contribution in [2.24, 2.45) is 11.7 Å². The molecule has 3 N–H and O–H groups in total. The molecule has 0 aliphatic heterocycles. The average Bonchev–Trinajstić information content (AvgIpc) is 2.83. The van der Waals surface area contributed by atoms with E-state index in [0.717, 1.165) is 30.6 Å². The van der Waals surface area contributed by atoms with Gasteiger partial charge in [0.1, 0.15) is 9.20 Å². The molecule has 4 nitrogen and oxygen atoms in total. The van der Waals surface area contributed by atoms with E-state index in [9.17, 15) is 8.42 Å². The number of rotatable bonds is 6. The van der Waals surface area contributed by atoms with E-state index in [4.69, 9.17) is 18.0 Å². The Morgan fingerprint density at radius 2 is 2.33 bits per heavy atom. The standard InChI is InChI=1S/C11H16N2O2S3/c1-2-3-7-6-8(7)13-18(14,15)10-5-4-9(17-10)11(12)16/h4-5,7-8,13H,2-3,6H2,1H3,(H2,12,16). The Morgan fingerprint density at radius 3 is 2.89 bits per heavy atom. The van der Waals surface area contributed by atoms with Gasteiger partial charge in [0, 0.05) is 6.04 Å². The number of thiophene rings is 1. The molecule has 1 aromatic heterocycles. The number of thiocarbonyl (C=S) groups is 1. The maximum Gasteiger partial charge on any atom is 0.250 e. The highest BCUT2D eigenvalue weighted by Gasteiger charge is 2.39. The van der Waals surface area contributed by atoms with E-state index >= 15 is 0 Å². The van der Waals surface area contributed by atoms with Crippen LogP contribution in [-0.4, -0.2) is 19.4 Å². The van der Waals surface area contributed by atoms with Gasteiger partial charge in [-0.3, -0.25) is 0 Å². The molecule has 0 aromatic carbocycles. The first kappa shape index (κ1) is 13.9. The first-order valence-corrected chi connectivity index (χ1v) is 8.57. The van der Waals surface area contributed by atoms with Crippen molar-refractivity contribution >= 4 is 38.6 Å². The minimum absolute atomic E-state index is 0.102. The van der Waals surface area contributed by atoms with Gasteiger partial charge in [0.2, 0.25) is 10.0 Å². The summed E-state index contributed by atoms with van der Waals surface area (Å²) in [4.78, 5) is 0.864. The van der Waals surface area contributed by atoms with E-state index in [0.29, 0.717) is 10.8 Å². The molecule has 0 saturated heterocycles. The van der Waals surface area contributed by atoms with Gasteiger partial charge in [0.25, 0.3) is 0 Å². The van der Waals surface area contributed by atoms with Crippen LogP contribution in [-0.2, 0) is 10.0 Å². The minimum Gasteiger partial charge on any atom is -0.389 e. The molecular weight excluding hydrogens is 288 g/mol. The van der Waals surface area contributed by atoms with Crippen molar-refractivity contribution in [3.63, 3.8) is 0 Å². The lowest BCUT2D eigenvalue weighted by atomic mass is 10.2. The fourth-order valence-corrected chi connectivity index (χ4v) is 4.62. The summed E-state index contributed by atoms with van der Waals surface area (Å²) in [6, 6.07) is 3.31. The van der Waals surface area contributed by atoms with Crippen LogP contribution in [0.3, 0.4) is 0 Å². The van der Waals surface area contributed by atoms with Crippen molar-refractivity contribution in [3.05, 3.63) is 17.0 Å². The molecule has 100 valence electrons. The molecule has 2 atom stereocenters. The van der Waals surface area contributed by atoms with Gasteiger partial charge in [-0.15, -0.1) is 11.3 Å². The summed E-state index contributed by atoms with van der Waals surface area (Å²) in [5.74, 6) is 0.500. The molecule has 2 unspecified atom stereocenters. The molecule has 1 aromatic rings. The fraction of sp³-hybridized carbons (Fsp3) is 0.545. The van der Waals surface area contributed by atoms with Gasteiger partial charge in [-0.1, -0.05) is 25.6 Å². The molecule has 18 heavy (non-hydrogen) atoms. The second-order valence-electron chi connectivity index (χ2n) is 4.50. The highest BCUT2D eigenvalue weighted by Crippen LogP contribution is 2.36. The molecule has 1 aliphatic rings. The van der Waals surface area contributed by atoms with Crippen LogP contribution in [0, 0.1) is 5.92 Å². The van der Waals surface area contributed by atoms with Crippen LogP contribution >= 0.6 is 23.6 Å². The summed E-state index contributed by atoms with van der Waals surface area (Å²) in [5.41, 5.74) is 5.47. The topological polar surface area (TPSA) is 72.2 Å². The largest absolute Gasteiger partial charge is 0.389 e. The summed E-state index contributed by atoms with van der Waals surface area (Å²) < 4.78 is 27.2. The number of hydrogen-bond donors (Lipinski definition) is 2. The molecule has 0 radical (unpaired) electrons. The van der Waals surface area contributed by atoms with Crippen LogP contribution in [0.2, 0.25) is 0 Å². The smallest absolute Gasteiger partial charge is 0.250 e. The lowest BCUT2D eigenvalue weighted by molar-refractivity contribution is 0.575. The Hall–Kier alpha value is -0.500. The fourth-order valence-electron chi connectivity index (χ4n) is 1.94. The highest BCUT2D eigenvalue weighted by atomic mass is 32.2. The minimum atomic E-state index is -3.41.